The summed E-state index contributed by atoms with van der Waals surface area (Å²) >= 11 is 0. The Morgan fingerprint density at radius 1 is 0.774 bits per heavy atom. The zero-order valence-corrected chi connectivity index (χ0v) is 35.9. The third kappa shape index (κ3) is 9.12. The summed E-state index contributed by atoms with van der Waals surface area (Å²) in [5.74, 6) is 0.509. The number of furan rings is 1. The smallest absolute Gasteiger partial charge is 0.216 e. The molecule has 275 valence electrons. The van der Waals surface area contributed by atoms with Crippen LogP contribution >= 0.6 is 0 Å². The third-order valence-electron chi connectivity index (χ3n) is 9.78. The van der Waals surface area contributed by atoms with E-state index in [1.54, 1.807) is 0 Å². The monoisotopic (exact) mass is 896 g/mol. The molecule has 0 amide bonds. The number of nitrogens with zero attached hydrogens (tertiary/aromatic N) is 3. The Morgan fingerprint density at radius 2 is 1.51 bits per heavy atom. The molecule has 6 heteroatoms. The molecule has 0 atom stereocenters. The van der Waals surface area contributed by atoms with Crippen molar-refractivity contribution in [1.82, 2.24) is 15.0 Å². The van der Waals surface area contributed by atoms with Crippen LogP contribution in [0.15, 0.2) is 114 Å². The van der Waals surface area contributed by atoms with Gasteiger partial charge in [-0.25, -0.2) is 4.98 Å². The van der Waals surface area contributed by atoms with Crippen molar-refractivity contribution in [3.63, 3.8) is 0 Å². The first kappa shape index (κ1) is 37.1. The van der Waals surface area contributed by atoms with E-state index in [-0.39, 0.29) is 25.5 Å². The second-order valence-electron chi connectivity index (χ2n) is 16.4. The Labute approximate surface area is 333 Å². The minimum Gasteiger partial charge on any atom is -0.486 e. The van der Waals surface area contributed by atoms with Crippen LogP contribution in [0.3, 0.4) is 0 Å². The van der Waals surface area contributed by atoms with Crippen molar-refractivity contribution in [3.05, 3.63) is 133 Å². The van der Waals surface area contributed by atoms with Gasteiger partial charge in [0.25, 0.3) is 0 Å². The molecule has 4 heterocycles. The molecule has 0 aliphatic rings. The molecular formula is C47H51IrN3OSi-2. The van der Waals surface area contributed by atoms with Crippen molar-refractivity contribution in [2.75, 3.05) is 0 Å². The molecule has 0 bridgehead atoms. The zero-order valence-electron chi connectivity index (χ0n) is 34.6. The zero-order chi connectivity index (χ0) is 39.1. The molecule has 4 nitrogen and oxygen atoms in total. The SMILES string of the molecule is CC(C)C(C)(C)c1ccnc(-c2[c-]ccc3c2oc2nc(-c4ccccc4)ccc23)c1.[2H]C([2H])(c1cc(-c2[c-]cccc2)ncc1[Si](C)(C)C)C(C)(C)C.[Ir]. The van der Waals surface area contributed by atoms with Gasteiger partial charge in [0, 0.05) is 46.2 Å². The van der Waals surface area contributed by atoms with Gasteiger partial charge in [0.15, 0.2) is 0 Å². The minimum atomic E-state index is -1.70. The van der Waals surface area contributed by atoms with Gasteiger partial charge in [-0.3, -0.25) is 0 Å². The normalized spacial score (nSPS) is 12.9. The second kappa shape index (κ2) is 16.0. The summed E-state index contributed by atoms with van der Waals surface area (Å²) in [4.78, 5) is 14.1. The molecule has 0 aliphatic heterocycles. The van der Waals surface area contributed by atoms with Gasteiger partial charge in [-0.2, -0.15) is 0 Å². The van der Waals surface area contributed by atoms with Gasteiger partial charge in [0.2, 0.25) is 5.71 Å². The first-order valence-electron chi connectivity index (χ1n) is 19.1. The maximum atomic E-state index is 8.75. The fourth-order valence-corrected chi connectivity index (χ4v) is 7.54. The van der Waals surface area contributed by atoms with Crippen LogP contribution in [-0.2, 0) is 31.9 Å². The molecule has 3 aromatic carbocycles. The Kier molecular flexibility index (Phi) is 11.2. The summed E-state index contributed by atoms with van der Waals surface area (Å²) in [7, 11) is -1.70. The molecule has 0 saturated heterocycles. The van der Waals surface area contributed by atoms with Gasteiger partial charge < -0.3 is 14.4 Å². The molecule has 0 fully saturated rings. The summed E-state index contributed by atoms with van der Waals surface area (Å²) in [6.45, 7) is 21.6. The summed E-state index contributed by atoms with van der Waals surface area (Å²) < 4.78 is 23.8. The molecule has 0 N–H and O–H groups in total. The molecule has 0 aliphatic carbocycles. The van der Waals surface area contributed by atoms with Gasteiger partial charge in [-0.1, -0.05) is 127 Å². The van der Waals surface area contributed by atoms with Gasteiger partial charge in [-0.15, -0.1) is 54.1 Å². The van der Waals surface area contributed by atoms with Crippen molar-refractivity contribution < 1.29 is 27.3 Å². The average Bonchev–Trinajstić information content (AvgIpc) is 3.53. The van der Waals surface area contributed by atoms with Gasteiger partial charge in [-0.05, 0) is 63.5 Å². The standard InChI is InChI=1S/C28H25N2O.C19H26NSi.Ir/c1-18(2)28(3,4)20-15-16-29-25(17-20)23-12-8-11-21-22-13-14-24(19-9-6-5-7-10-19)30-27(22)31-26(21)23;1-19(2,3)13-16-12-17(15-10-8-7-9-11-15)20-14-18(16)21(4,5)6;/h5-11,13-18H,1-4H3;7-10,12,14H,13H2,1-6H3;/q2*-1;/i;13D2;. The topological polar surface area (TPSA) is 51.8 Å². The quantitative estimate of drug-likeness (QED) is 0.118. The van der Waals surface area contributed by atoms with E-state index in [9.17, 15) is 0 Å². The van der Waals surface area contributed by atoms with Crippen molar-refractivity contribution >= 4 is 35.3 Å². The second-order valence-corrected chi connectivity index (χ2v) is 21.5. The molecule has 0 unspecified atom stereocenters. The predicted octanol–water partition coefficient (Wildman–Crippen LogP) is 12.1. The van der Waals surface area contributed by atoms with Crippen molar-refractivity contribution in [2.24, 2.45) is 11.3 Å². The van der Waals surface area contributed by atoms with E-state index in [0.29, 0.717) is 11.6 Å². The van der Waals surface area contributed by atoms with Gasteiger partial charge in [0.05, 0.1) is 19.4 Å². The average molecular weight is 896 g/mol. The summed E-state index contributed by atoms with van der Waals surface area (Å²) in [6.07, 6.45) is 2.35. The fourth-order valence-electron chi connectivity index (χ4n) is 6.14. The molecule has 4 aromatic heterocycles. The van der Waals surface area contributed by atoms with Crippen LogP contribution in [0.4, 0.5) is 0 Å². The Hall–Kier alpha value is -4.22. The first-order valence-corrected chi connectivity index (χ1v) is 21.6. The minimum absolute atomic E-state index is 0. The van der Waals surface area contributed by atoms with Crippen LogP contribution in [0.25, 0.3) is 55.8 Å². The van der Waals surface area contributed by atoms with E-state index in [0.717, 1.165) is 60.9 Å². The van der Waals surface area contributed by atoms with Crippen LogP contribution in [-0.4, -0.2) is 23.0 Å². The number of benzene rings is 3. The molecular weight excluding hydrogens is 843 g/mol. The molecule has 7 rings (SSSR count). The van der Waals surface area contributed by atoms with Crippen molar-refractivity contribution in [2.45, 2.75) is 79.9 Å². The number of hydrogen-bond donors (Lipinski definition) is 0. The Balaban J connectivity index is 0.000000217. The largest absolute Gasteiger partial charge is 0.486 e. The first-order chi connectivity index (χ1) is 25.4. The van der Waals surface area contributed by atoms with Gasteiger partial charge in [0.1, 0.15) is 0 Å². The number of rotatable bonds is 7. The number of pyridine rings is 3. The van der Waals surface area contributed by atoms with E-state index < -0.39 is 19.9 Å². The molecule has 7 aromatic rings. The third-order valence-corrected chi connectivity index (χ3v) is 11.8. The molecule has 1 radical (unpaired) electrons. The van der Waals surface area contributed by atoms with E-state index in [2.05, 4.69) is 99.8 Å². The number of aromatic nitrogens is 3. The Bertz CT molecular complexity index is 2400. The van der Waals surface area contributed by atoms with E-state index in [1.807, 2.05) is 99.9 Å². The van der Waals surface area contributed by atoms with Crippen molar-refractivity contribution in [1.29, 1.82) is 0 Å². The van der Waals surface area contributed by atoms with E-state index in [4.69, 9.17) is 12.1 Å². The molecule has 53 heavy (non-hydrogen) atoms. The number of fused-ring (bicyclic) bond motifs is 3. The summed E-state index contributed by atoms with van der Waals surface area (Å²) in [5.41, 5.74) is 8.43. The van der Waals surface area contributed by atoms with Crippen LogP contribution in [0, 0.1) is 23.5 Å². The van der Waals surface area contributed by atoms with E-state index in [1.165, 1.54) is 5.56 Å². The van der Waals surface area contributed by atoms with Crippen LogP contribution in [0.1, 0.15) is 62.3 Å². The summed E-state index contributed by atoms with van der Waals surface area (Å²) in [6, 6.07) is 38.7. The maximum Gasteiger partial charge on any atom is 0.216 e. The molecule has 0 saturated carbocycles. The van der Waals surface area contributed by atoms with Crippen LogP contribution < -0.4 is 5.19 Å². The van der Waals surface area contributed by atoms with Crippen LogP contribution in [0.5, 0.6) is 0 Å². The Morgan fingerprint density at radius 3 is 2.17 bits per heavy atom. The van der Waals surface area contributed by atoms with E-state index >= 15 is 0 Å². The van der Waals surface area contributed by atoms with Gasteiger partial charge >= 0.3 is 0 Å². The molecule has 0 spiro atoms. The maximum absolute atomic E-state index is 8.75. The fraction of sp³-hybridized carbons (Fsp3) is 0.298. The number of hydrogen-bond acceptors (Lipinski definition) is 4. The summed E-state index contributed by atoms with van der Waals surface area (Å²) in [5, 5.41) is 3.13. The van der Waals surface area contributed by atoms with Crippen LogP contribution in [0.2, 0.25) is 19.6 Å². The predicted molar refractivity (Wildman–Crippen MR) is 222 cm³/mol. The van der Waals surface area contributed by atoms with Crippen molar-refractivity contribution in [3.8, 4) is 33.8 Å².